The molecule has 0 N–H and O–H groups in total. The van der Waals surface area contributed by atoms with Crippen LogP contribution in [0.4, 0.5) is 4.39 Å². The van der Waals surface area contributed by atoms with E-state index in [1.165, 1.54) is 50.5 Å². The van der Waals surface area contributed by atoms with E-state index in [2.05, 4.69) is 22.9 Å². The van der Waals surface area contributed by atoms with Gasteiger partial charge in [0.15, 0.2) is 0 Å². The van der Waals surface area contributed by atoms with Crippen LogP contribution in [-0.4, -0.2) is 0 Å². The molecule has 0 radical (unpaired) electrons. The van der Waals surface area contributed by atoms with Crippen LogP contribution in [-0.2, 0) is 0 Å². The molecule has 0 fully saturated rings. The lowest BCUT2D eigenvalue weighted by Crippen LogP contribution is -1.96. The average Bonchev–Trinajstić information content (AvgIpc) is 2.43. The van der Waals surface area contributed by atoms with E-state index in [0.717, 1.165) is 17.5 Å². The highest BCUT2D eigenvalue weighted by atomic mass is 79.9. The maximum atomic E-state index is 13.6. The minimum absolute atomic E-state index is 0.0654. The van der Waals surface area contributed by atoms with Gasteiger partial charge in [0.1, 0.15) is 5.82 Å². The van der Waals surface area contributed by atoms with Crippen molar-refractivity contribution in [1.29, 1.82) is 0 Å². The van der Waals surface area contributed by atoms with E-state index in [4.69, 9.17) is 0 Å². The Kier molecular flexibility index (Phi) is 8.44. The molecule has 114 valence electrons. The first-order valence-corrected chi connectivity index (χ1v) is 8.88. The van der Waals surface area contributed by atoms with E-state index in [-0.39, 0.29) is 5.82 Å². The minimum atomic E-state index is -0.0654. The smallest absolute Gasteiger partial charge is 0.129 e. The maximum absolute atomic E-state index is 13.6. The summed E-state index contributed by atoms with van der Waals surface area (Å²) >= 11 is 3.75. The first-order valence-electron chi connectivity index (χ1n) is 7.97. The quantitative estimate of drug-likeness (QED) is 0.334. The summed E-state index contributed by atoms with van der Waals surface area (Å²) in [4.78, 5) is 0.358. The molecule has 0 nitrogen and oxygen atoms in total. The first kappa shape index (κ1) is 17.7. The second-order valence-electron chi connectivity index (χ2n) is 5.85. The number of benzene rings is 1. The second-order valence-corrected chi connectivity index (χ2v) is 6.95. The largest absolute Gasteiger partial charge is 0.206 e. The van der Waals surface area contributed by atoms with Gasteiger partial charge in [0, 0.05) is 4.83 Å². The molecule has 0 aliphatic rings. The summed E-state index contributed by atoms with van der Waals surface area (Å²) in [5, 5.41) is 0. The SMILES string of the molecule is CCCCCCCCCC(Br)c1cc(C)c(F)c(C)c1. The molecule has 0 aromatic heterocycles. The van der Waals surface area contributed by atoms with Crippen molar-refractivity contribution < 1.29 is 4.39 Å². The number of alkyl halides is 1. The van der Waals surface area contributed by atoms with Crippen molar-refractivity contribution in [3.8, 4) is 0 Å². The Morgan fingerprint density at radius 1 is 0.950 bits per heavy atom. The van der Waals surface area contributed by atoms with Crippen LogP contribution in [0.2, 0.25) is 0 Å². The fourth-order valence-electron chi connectivity index (χ4n) is 2.61. The van der Waals surface area contributed by atoms with Gasteiger partial charge in [-0.2, -0.15) is 0 Å². The lowest BCUT2D eigenvalue weighted by Gasteiger charge is -2.13. The van der Waals surface area contributed by atoms with Crippen molar-refractivity contribution in [3.63, 3.8) is 0 Å². The van der Waals surface area contributed by atoms with Crippen LogP contribution < -0.4 is 0 Å². The van der Waals surface area contributed by atoms with Crippen molar-refractivity contribution in [2.24, 2.45) is 0 Å². The third-order valence-corrected chi connectivity index (χ3v) is 4.87. The van der Waals surface area contributed by atoms with Crippen LogP contribution in [0.3, 0.4) is 0 Å². The summed E-state index contributed by atoms with van der Waals surface area (Å²) in [6, 6.07) is 3.95. The monoisotopic (exact) mass is 342 g/mol. The zero-order valence-corrected chi connectivity index (χ0v) is 14.7. The second kappa shape index (κ2) is 9.55. The molecule has 0 amide bonds. The number of hydrogen-bond acceptors (Lipinski definition) is 0. The molecule has 20 heavy (non-hydrogen) atoms. The molecule has 0 saturated carbocycles. The summed E-state index contributed by atoms with van der Waals surface area (Å²) in [5.74, 6) is -0.0654. The van der Waals surface area contributed by atoms with Crippen LogP contribution in [0.25, 0.3) is 0 Å². The minimum Gasteiger partial charge on any atom is -0.206 e. The van der Waals surface area contributed by atoms with E-state index in [1.807, 2.05) is 26.0 Å². The molecule has 1 atom stereocenters. The fourth-order valence-corrected chi connectivity index (χ4v) is 3.20. The summed E-state index contributed by atoms with van der Waals surface area (Å²) in [5.41, 5.74) is 2.72. The van der Waals surface area contributed by atoms with E-state index in [1.54, 1.807) is 0 Å². The Morgan fingerprint density at radius 2 is 1.45 bits per heavy atom. The molecule has 0 bridgehead atoms. The van der Waals surface area contributed by atoms with E-state index >= 15 is 0 Å². The first-order chi connectivity index (χ1) is 9.56. The Balaban J connectivity index is 2.31. The van der Waals surface area contributed by atoms with E-state index < -0.39 is 0 Å². The Bertz CT molecular complexity index is 377. The molecule has 0 saturated heterocycles. The molecule has 2 heteroatoms. The van der Waals surface area contributed by atoms with E-state index in [9.17, 15) is 4.39 Å². The molecular formula is C18H28BrF. The lowest BCUT2D eigenvalue weighted by molar-refractivity contribution is 0.573. The van der Waals surface area contributed by atoms with Gasteiger partial charge in [-0.25, -0.2) is 4.39 Å². The molecule has 1 aromatic rings. The molecule has 1 rings (SSSR count). The number of hydrogen-bond donors (Lipinski definition) is 0. The standard InChI is InChI=1S/C18H28BrF/c1-4-5-6-7-8-9-10-11-17(19)16-12-14(2)18(20)15(3)13-16/h12-13,17H,4-11H2,1-3H3. The molecule has 0 aliphatic heterocycles. The number of halogens is 2. The van der Waals surface area contributed by atoms with Crippen molar-refractivity contribution >= 4 is 15.9 Å². The van der Waals surface area contributed by atoms with Crippen LogP contribution in [0, 0.1) is 19.7 Å². The predicted molar refractivity (Wildman–Crippen MR) is 90.2 cm³/mol. The highest BCUT2D eigenvalue weighted by Crippen LogP contribution is 2.31. The van der Waals surface area contributed by atoms with Gasteiger partial charge in [-0.05, 0) is 37.0 Å². The van der Waals surface area contributed by atoms with Crippen molar-refractivity contribution in [1.82, 2.24) is 0 Å². The van der Waals surface area contributed by atoms with Gasteiger partial charge in [-0.15, -0.1) is 0 Å². The van der Waals surface area contributed by atoms with E-state index in [0.29, 0.717) is 4.83 Å². The topological polar surface area (TPSA) is 0 Å². The van der Waals surface area contributed by atoms with Gasteiger partial charge >= 0.3 is 0 Å². The van der Waals surface area contributed by atoms with Crippen LogP contribution in [0.5, 0.6) is 0 Å². The van der Waals surface area contributed by atoms with Gasteiger partial charge < -0.3 is 0 Å². The molecule has 1 aromatic carbocycles. The molecular weight excluding hydrogens is 315 g/mol. The zero-order valence-electron chi connectivity index (χ0n) is 13.1. The Morgan fingerprint density at radius 3 is 2.00 bits per heavy atom. The van der Waals surface area contributed by atoms with Crippen molar-refractivity contribution in [2.45, 2.75) is 77.0 Å². The highest BCUT2D eigenvalue weighted by Gasteiger charge is 2.11. The van der Waals surface area contributed by atoms with Crippen LogP contribution >= 0.6 is 15.9 Å². The predicted octanol–water partition coefficient (Wildman–Crippen LogP) is 7.02. The highest BCUT2D eigenvalue weighted by molar-refractivity contribution is 9.09. The summed E-state index contributed by atoms with van der Waals surface area (Å²) < 4.78 is 13.6. The zero-order chi connectivity index (χ0) is 15.0. The van der Waals surface area contributed by atoms with Gasteiger partial charge in [-0.1, -0.05) is 79.9 Å². The number of aryl methyl sites for hydroxylation is 2. The van der Waals surface area contributed by atoms with Crippen LogP contribution in [0.15, 0.2) is 12.1 Å². The van der Waals surface area contributed by atoms with Gasteiger partial charge in [-0.3, -0.25) is 0 Å². The molecule has 1 unspecified atom stereocenters. The van der Waals surface area contributed by atoms with Gasteiger partial charge in [0.2, 0.25) is 0 Å². The Hall–Kier alpha value is -0.370. The van der Waals surface area contributed by atoms with Crippen molar-refractivity contribution in [3.05, 3.63) is 34.6 Å². The number of rotatable bonds is 9. The average molecular weight is 343 g/mol. The molecule has 0 aliphatic carbocycles. The summed E-state index contributed by atoms with van der Waals surface area (Å²) in [6.45, 7) is 5.95. The molecule has 0 heterocycles. The van der Waals surface area contributed by atoms with Gasteiger partial charge in [0.25, 0.3) is 0 Å². The van der Waals surface area contributed by atoms with Crippen LogP contribution in [0.1, 0.15) is 79.8 Å². The normalized spacial score (nSPS) is 12.7. The number of unbranched alkanes of at least 4 members (excludes halogenated alkanes) is 6. The third-order valence-electron chi connectivity index (χ3n) is 3.88. The lowest BCUT2D eigenvalue weighted by atomic mass is 10.0. The third kappa shape index (κ3) is 5.95. The summed E-state index contributed by atoms with van der Waals surface area (Å²) in [7, 11) is 0. The maximum Gasteiger partial charge on any atom is 0.129 e. The summed E-state index contributed by atoms with van der Waals surface area (Å²) in [6.07, 6.45) is 10.5. The Labute approximate surface area is 132 Å². The van der Waals surface area contributed by atoms with Gasteiger partial charge in [0.05, 0.1) is 0 Å². The van der Waals surface area contributed by atoms with Crippen molar-refractivity contribution in [2.75, 3.05) is 0 Å². The fraction of sp³-hybridized carbons (Fsp3) is 0.667. The molecule has 0 spiro atoms.